The molecule has 2 amide bonds. The lowest BCUT2D eigenvalue weighted by Crippen LogP contribution is -2.38. The van der Waals surface area contributed by atoms with Crippen molar-refractivity contribution in [1.29, 1.82) is 0 Å². The van der Waals surface area contributed by atoms with Gasteiger partial charge in [0.15, 0.2) is 5.69 Å². The first-order valence-corrected chi connectivity index (χ1v) is 7.47. The quantitative estimate of drug-likeness (QED) is 0.826. The van der Waals surface area contributed by atoms with E-state index in [-0.39, 0.29) is 18.3 Å². The Morgan fingerprint density at radius 3 is 2.89 bits per heavy atom. The van der Waals surface area contributed by atoms with Crippen molar-refractivity contribution in [1.82, 2.24) is 15.2 Å². The summed E-state index contributed by atoms with van der Waals surface area (Å²) in [5.74, 6) is -0.175. The molecule has 2 N–H and O–H groups in total. The van der Waals surface area contributed by atoms with Crippen LogP contribution in [0.5, 0.6) is 0 Å². The first-order chi connectivity index (χ1) is 8.54. The van der Waals surface area contributed by atoms with Crippen LogP contribution in [0.2, 0.25) is 0 Å². The molecule has 0 aliphatic heterocycles. The highest BCUT2D eigenvalue weighted by molar-refractivity contribution is 7.98. The summed E-state index contributed by atoms with van der Waals surface area (Å²) in [5.41, 5.74) is 0.0139. The number of carboxylic acid groups (broad SMARTS) is 1. The molecule has 0 aromatic carbocycles. The zero-order valence-electron chi connectivity index (χ0n) is 10.2. The molecule has 0 saturated heterocycles. The first-order valence-electron chi connectivity index (χ1n) is 5.20. The lowest BCUT2D eigenvalue weighted by molar-refractivity contribution is 0.0691. The summed E-state index contributed by atoms with van der Waals surface area (Å²) >= 11 is 2.89. The van der Waals surface area contributed by atoms with E-state index in [1.165, 1.54) is 16.7 Å². The Balaban J connectivity index is 2.39. The highest BCUT2D eigenvalue weighted by atomic mass is 32.2. The van der Waals surface area contributed by atoms with E-state index >= 15 is 0 Å². The number of thiazole rings is 1. The molecule has 0 bridgehead atoms. The number of aromatic nitrogens is 1. The van der Waals surface area contributed by atoms with Crippen LogP contribution in [-0.2, 0) is 6.54 Å². The largest absolute Gasteiger partial charge is 0.476 e. The van der Waals surface area contributed by atoms with Crippen molar-refractivity contribution in [2.75, 3.05) is 25.6 Å². The second-order valence-corrected chi connectivity index (χ2v) is 5.43. The van der Waals surface area contributed by atoms with Crippen LogP contribution in [0.15, 0.2) is 5.38 Å². The van der Waals surface area contributed by atoms with Crippen molar-refractivity contribution in [2.24, 2.45) is 0 Å². The summed E-state index contributed by atoms with van der Waals surface area (Å²) in [6.07, 6.45) is 1.98. The van der Waals surface area contributed by atoms with E-state index in [1.807, 2.05) is 6.26 Å². The van der Waals surface area contributed by atoms with E-state index in [2.05, 4.69) is 10.3 Å². The third kappa shape index (κ3) is 4.53. The van der Waals surface area contributed by atoms with E-state index < -0.39 is 5.97 Å². The molecule has 0 fully saturated rings. The maximum absolute atomic E-state index is 11.6. The SMILES string of the molecule is CSCCN(C)C(=O)NCc1nc(C(=O)O)cs1. The molecule has 0 aliphatic rings. The number of amides is 2. The van der Waals surface area contributed by atoms with Gasteiger partial charge in [-0.2, -0.15) is 11.8 Å². The Bertz CT molecular complexity index is 422. The van der Waals surface area contributed by atoms with Gasteiger partial charge in [-0.25, -0.2) is 14.6 Å². The van der Waals surface area contributed by atoms with Crippen molar-refractivity contribution in [3.05, 3.63) is 16.1 Å². The number of thioether (sulfide) groups is 1. The summed E-state index contributed by atoms with van der Waals surface area (Å²) in [5, 5.41) is 13.4. The van der Waals surface area contributed by atoms with Gasteiger partial charge in [-0.3, -0.25) is 0 Å². The van der Waals surface area contributed by atoms with Gasteiger partial charge in [0.1, 0.15) is 5.01 Å². The van der Waals surface area contributed by atoms with Crippen LogP contribution in [0, 0.1) is 0 Å². The van der Waals surface area contributed by atoms with Gasteiger partial charge < -0.3 is 15.3 Å². The average Bonchev–Trinajstić information content (AvgIpc) is 2.81. The molecule has 100 valence electrons. The zero-order valence-corrected chi connectivity index (χ0v) is 11.8. The highest BCUT2D eigenvalue weighted by Crippen LogP contribution is 2.09. The van der Waals surface area contributed by atoms with Crippen LogP contribution < -0.4 is 5.32 Å². The van der Waals surface area contributed by atoms with E-state index in [4.69, 9.17) is 5.11 Å². The monoisotopic (exact) mass is 289 g/mol. The van der Waals surface area contributed by atoms with Crippen LogP contribution in [0.4, 0.5) is 4.79 Å². The zero-order chi connectivity index (χ0) is 13.5. The minimum atomic E-state index is -1.05. The Morgan fingerprint density at radius 1 is 1.61 bits per heavy atom. The van der Waals surface area contributed by atoms with Crippen LogP contribution >= 0.6 is 23.1 Å². The number of carboxylic acids is 1. The molecule has 1 aromatic rings. The molecular formula is C10H15N3O3S2. The van der Waals surface area contributed by atoms with Crippen molar-refractivity contribution in [2.45, 2.75) is 6.54 Å². The van der Waals surface area contributed by atoms with Crippen molar-refractivity contribution >= 4 is 35.1 Å². The second kappa shape index (κ2) is 7.22. The van der Waals surface area contributed by atoms with E-state index in [0.717, 1.165) is 5.75 Å². The summed E-state index contributed by atoms with van der Waals surface area (Å²) in [6, 6.07) is -0.184. The second-order valence-electron chi connectivity index (χ2n) is 3.50. The Hall–Kier alpha value is -1.28. The van der Waals surface area contributed by atoms with Crippen molar-refractivity contribution < 1.29 is 14.7 Å². The predicted octanol–water partition coefficient (Wildman–Crippen LogP) is 1.35. The van der Waals surface area contributed by atoms with E-state index in [0.29, 0.717) is 11.6 Å². The van der Waals surface area contributed by atoms with Crippen LogP contribution in [0.3, 0.4) is 0 Å². The molecule has 0 saturated carbocycles. The minimum absolute atomic E-state index is 0.0139. The molecule has 0 radical (unpaired) electrons. The molecule has 18 heavy (non-hydrogen) atoms. The molecule has 0 atom stereocenters. The number of hydrogen-bond donors (Lipinski definition) is 2. The fraction of sp³-hybridized carbons (Fsp3) is 0.500. The third-order valence-corrected chi connectivity index (χ3v) is 3.58. The number of carbonyl (C=O) groups excluding carboxylic acids is 1. The van der Waals surface area contributed by atoms with Gasteiger partial charge in [-0.1, -0.05) is 0 Å². The number of hydrogen-bond acceptors (Lipinski definition) is 5. The number of nitrogens with zero attached hydrogens (tertiary/aromatic N) is 2. The number of rotatable bonds is 6. The summed E-state index contributed by atoms with van der Waals surface area (Å²) in [4.78, 5) is 27.7. The fourth-order valence-corrected chi connectivity index (χ4v) is 2.27. The molecule has 8 heteroatoms. The van der Waals surface area contributed by atoms with E-state index in [1.54, 1.807) is 23.7 Å². The number of urea groups is 1. The van der Waals surface area contributed by atoms with Gasteiger partial charge in [0, 0.05) is 24.7 Å². The van der Waals surface area contributed by atoms with E-state index in [9.17, 15) is 9.59 Å². The standard InChI is InChI=1S/C10H15N3O3S2/c1-13(3-4-17-2)10(16)11-5-8-12-7(6-18-8)9(14)15/h6H,3-5H2,1-2H3,(H,11,16)(H,14,15). The van der Waals surface area contributed by atoms with Gasteiger partial charge in [0.25, 0.3) is 0 Å². The lowest BCUT2D eigenvalue weighted by atomic mass is 10.5. The molecule has 0 spiro atoms. The topological polar surface area (TPSA) is 82.5 Å². The smallest absolute Gasteiger partial charge is 0.355 e. The molecule has 1 heterocycles. The molecule has 1 aromatic heterocycles. The van der Waals surface area contributed by atoms with Gasteiger partial charge in [-0.15, -0.1) is 11.3 Å². The highest BCUT2D eigenvalue weighted by Gasteiger charge is 2.11. The minimum Gasteiger partial charge on any atom is -0.476 e. The molecule has 1 rings (SSSR count). The van der Waals surface area contributed by atoms with Crippen LogP contribution in [0.1, 0.15) is 15.5 Å². The predicted molar refractivity (Wildman–Crippen MR) is 72.3 cm³/mol. The van der Waals surface area contributed by atoms with Crippen molar-refractivity contribution in [3.8, 4) is 0 Å². The number of nitrogens with one attached hydrogen (secondary N) is 1. The van der Waals surface area contributed by atoms with Crippen LogP contribution in [-0.4, -0.2) is 52.6 Å². The van der Waals surface area contributed by atoms with Gasteiger partial charge in [-0.05, 0) is 6.26 Å². The van der Waals surface area contributed by atoms with Gasteiger partial charge >= 0.3 is 12.0 Å². The Kier molecular flexibility index (Phi) is 5.93. The maximum Gasteiger partial charge on any atom is 0.355 e. The lowest BCUT2D eigenvalue weighted by Gasteiger charge is -2.16. The maximum atomic E-state index is 11.6. The Morgan fingerprint density at radius 2 is 2.33 bits per heavy atom. The molecule has 0 unspecified atom stereocenters. The normalized spacial score (nSPS) is 10.1. The fourth-order valence-electron chi connectivity index (χ4n) is 1.11. The van der Waals surface area contributed by atoms with Gasteiger partial charge in [0.2, 0.25) is 0 Å². The van der Waals surface area contributed by atoms with Crippen LogP contribution in [0.25, 0.3) is 0 Å². The summed E-state index contributed by atoms with van der Waals surface area (Å²) in [7, 11) is 1.72. The molecule has 6 nitrogen and oxygen atoms in total. The number of aromatic carboxylic acids is 1. The third-order valence-electron chi connectivity index (χ3n) is 2.14. The summed E-state index contributed by atoms with van der Waals surface area (Å²) < 4.78 is 0. The van der Waals surface area contributed by atoms with Gasteiger partial charge in [0.05, 0.1) is 6.54 Å². The number of carbonyl (C=O) groups is 2. The summed E-state index contributed by atoms with van der Waals surface area (Å²) in [6.45, 7) is 0.922. The molecular weight excluding hydrogens is 274 g/mol. The first kappa shape index (κ1) is 14.8. The average molecular weight is 289 g/mol. The van der Waals surface area contributed by atoms with Crippen molar-refractivity contribution in [3.63, 3.8) is 0 Å². The molecule has 0 aliphatic carbocycles. The Labute approximate surface area is 113 Å².